The van der Waals surface area contributed by atoms with Gasteiger partial charge in [0.15, 0.2) is 6.10 Å². The molecule has 2 rings (SSSR count). The van der Waals surface area contributed by atoms with Crippen LogP contribution in [-0.4, -0.2) is 44.7 Å². The lowest BCUT2D eigenvalue weighted by atomic mass is 10.2. The van der Waals surface area contributed by atoms with Crippen molar-refractivity contribution >= 4 is 17.6 Å². The van der Waals surface area contributed by atoms with Crippen molar-refractivity contribution in [2.45, 2.75) is 25.0 Å². The third-order valence-corrected chi connectivity index (χ3v) is 2.72. The molecule has 2 atom stereocenters. The summed E-state index contributed by atoms with van der Waals surface area (Å²) in [6, 6.07) is 0. The Hall–Kier alpha value is -2.29. The summed E-state index contributed by atoms with van der Waals surface area (Å²) in [5.41, 5.74) is -0.186. The molecule has 1 aromatic rings. The monoisotopic (exact) mass is 268 g/mol. The van der Waals surface area contributed by atoms with Crippen molar-refractivity contribution < 1.29 is 19.6 Å². The Labute approximate surface area is 107 Å². The van der Waals surface area contributed by atoms with Gasteiger partial charge in [-0.25, -0.2) is 14.8 Å². The fourth-order valence-electron chi connectivity index (χ4n) is 1.75. The third-order valence-electron chi connectivity index (χ3n) is 2.72. The molecule has 2 unspecified atom stereocenters. The van der Waals surface area contributed by atoms with Gasteiger partial charge in [-0.15, -0.1) is 0 Å². The molecule has 1 aliphatic heterocycles. The molecule has 1 saturated heterocycles. The molecule has 9 heteroatoms. The average molecular weight is 268 g/mol. The molecular weight excluding hydrogens is 256 g/mol. The lowest BCUT2D eigenvalue weighted by Gasteiger charge is -2.11. The predicted molar refractivity (Wildman–Crippen MR) is 62.7 cm³/mol. The molecule has 0 aliphatic carbocycles. The minimum Gasteiger partial charge on any atom is -0.479 e. The van der Waals surface area contributed by atoms with Gasteiger partial charge in [-0.3, -0.25) is 10.1 Å². The summed E-state index contributed by atoms with van der Waals surface area (Å²) in [7, 11) is 0. The third kappa shape index (κ3) is 3.35. The van der Waals surface area contributed by atoms with E-state index in [4.69, 9.17) is 9.84 Å². The van der Waals surface area contributed by atoms with Crippen LogP contribution >= 0.6 is 0 Å². The number of aromatic nitrogens is 2. The molecule has 1 aliphatic rings. The summed E-state index contributed by atoms with van der Waals surface area (Å²) in [4.78, 5) is 28.1. The van der Waals surface area contributed by atoms with Gasteiger partial charge in [0, 0.05) is 6.54 Å². The molecular formula is C10H12N4O5. The number of aliphatic carboxylic acids is 1. The van der Waals surface area contributed by atoms with Crippen LogP contribution in [0.1, 0.15) is 12.8 Å². The highest BCUT2D eigenvalue weighted by Crippen LogP contribution is 2.20. The number of nitrogens with one attached hydrogen (secondary N) is 1. The first-order valence-corrected chi connectivity index (χ1v) is 5.65. The van der Waals surface area contributed by atoms with Crippen LogP contribution in [0.4, 0.5) is 11.6 Å². The standard InChI is InChI=1S/C10H12N4O5/c15-9(16)8-2-1-7(19-8)5-13-10-11-3-6(4-12-10)14(17)18/h3-4,7-8H,1-2,5H2,(H,15,16)(H,11,12,13). The van der Waals surface area contributed by atoms with E-state index in [1.54, 1.807) is 0 Å². The largest absolute Gasteiger partial charge is 0.479 e. The number of carbonyl (C=O) groups is 1. The van der Waals surface area contributed by atoms with Gasteiger partial charge in [-0.2, -0.15) is 0 Å². The van der Waals surface area contributed by atoms with E-state index in [0.717, 1.165) is 12.4 Å². The van der Waals surface area contributed by atoms with Gasteiger partial charge < -0.3 is 15.2 Å². The maximum absolute atomic E-state index is 10.7. The second-order valence-corrected chi connectivity index (χ2v) is 4.07. The minimum absolute atomic E-state index is 0.186. The van der Waals surface area contributed by atoms with Crippen LogP contribution in [0.5, 0.6) is 0 Å². The maximum Gasteiger partial charge on any atom is 0.332 e. The first-order valence-electron chi connectivity index (χ1n) is 5.65. The number of nitro groups is 1. The highest BCUT2D eigenvalue weighted by molar-refractivity contribution is 5.72. The molecule has 0 spiro atoms. The summed E-state index contributed by atoms with van der Waals surface area (Å²) in [5, 5.41) is 22.0. The molecule has 0 bridgehead atoms. The molecule has 0 amide bonds. The summed E-state index contributed by atoms with van der Waals surface area (Å²) in [6.07, 6.45) is 2.33. The number of ether oxygens (including phenoxy) is 1. The van der Waals surface area contributed by atoms with Crippen LogP contribution in [-0.2, 0) is 9.53 Å². The zero-order valence-corrected chi connectivity index (χ0v) is 9.85. The Morgan fingerprint density at radius 3 is 2.74 bits per heavy atom. The molecule has 102 valence electrons. The Kier molecular flexibility index (Phi) is 3.85. The van der Waals surface area contributed by atoms with Crippen molar-refractivity contribution in [2.75, 3.05) is 11.9 Å². The van der Waals surface area contributed by atoms with E-state index in [2.05, 4.69) is 15.3 Å². The fraction of sp³-hybridized carbons (Fsp3) is 0.500. The van der Waals surface area contributed by atoms with Crippen LogP contribution < -0.4 is 5.32 Å². The van der Waals surface area contributed by atoms with Crippen LogP contribution in [0.25, 0.3) is 0 Å². The minimum atomic E-state index is -0.964. The topological polar surface area (TPSA) is 127 Å². The molecule has 0 radical (unpaired) electrons. The van der Waals surface area contributed by atoms with Crippen molar-refractivity contribution in [1.29, 1.82) is 0 Å². The quantitative estimate of drug-likeness (QED) is 0.581. The van der Waals surface area contributed by atoms with Crippen molar-refractivity contribution in [3.05, 3.63) is 22.5 Å². The summed E-state index contributed by atoms with van der Waals surface area (Å²) < 4.78 is 5.28. The van der Waals surface area contributed by atoms with Crippen LogP contribution in [0.2, 0.25) is 0 Å². The van der Waals surface area contributed by atoms with E-state index in [0.29, 0.717) is 19.4 Å². The number of rotatable bonds is 5. The van der Waals surface area contributed by atoms with Gasteiger partial charge in [0.25, 0.3) is 0 Å². The Morgan fingerprint density at radius 2 is 2.21 bits per heavy atom. The van der Waals surface area contributed by atoms with Gasteiger partial charge in [0.1, 0.15) is 12.4 Å². The van der Waals surface area contributed by atoms with Crippen LogP contribution in [0, 0.1) is 10.1 Å². The normalized spacial score (nSPS) is 22.1. The Balaban J connectivity index is 1.83. The van der Waals surface area contributed by atoms with Crippen molar-refractivity contribution in [2.24, 2.45) is 0 Å². The molecule has 0 aromatic carbocycles. The second kappa shape index (κ2) is 5.57. The lowest BCUT2D eigenvalue weighted by molar-refractivity contribution is -0.385. The summed E-state index contributed by atoms with van der Waals surface area (Å²) in [6.45, 7) is 0.363. The highest BCUT2D eigenvalue weighted by Gasteiger charge is 2.30. The fourth-order valence-corrected chi connectivity index (χ4v) is 1.75. The van der Waals surface area contributed by atoms with Crippen molar-refractivity contribution in [1.82, 2.24) is 9.97 Å². The number of carboxylic acid groups (broad SMARTS) is 1. The van der Waals surface area contributed by atoms with E-state index in [-0.39, 0.29) is 17.7 Å². The zero-order chi connectivity index (χ0) is 13.8. The smallest absolute Gasteiger partial charge is 0.332 e. The number of carboxylic acids is 1. The van der Waals surface area contributed by atoms with E-state index in [1.807, 2.05) is 0 Å². The predicted octanol–water partition coefficient (Wildman–Crippen LogP) is 0.429. The van der Waals surface area contributed by atoms with E-state index in [9.17, 15) is 14.9 Å². The Bertz CT molecular complexity index is 477. The number of anilines is 1. The number of hydrogen-bond donors (Lipinski definition) is 2. The SMILES string of the molecule is O=C(O)C1CCC(CNc2ncc([N+](=O)[O-])cn2)O1. The Morgan fingerprint density at radius 1 is 1.53 bits per heavy atom. The molecule has 1 aromatic heterocycles. The van der Waals surface area contributed by atoms with Crippen LogP contribution in [0.3, 0.4) is 0 Å². The maximum atomic E-state index is 10.7. The first-order chi connectivity index (χ1) is 9.06. The molecule has 2 heterocycles. The number of hydrogen-bond acceptors (Lipinski definition) is 7. The van der Waals surface area contributed by atoms with Gasteiger partial charge in [-0.1, -0.05) is 0 Å². The van der Waals surface area contributed by atoms with E-state index >= 15 is 0 Å². The molecule has 9 nitrogen and oxygen atoms in total. The summed E-state index contributed by atoms with van der Waals surface area (Å²) in [5.74, 6) is -0.720. The number of nitrogens with zero attached hydrogens (tertiary/aromatic N) is 3. The van der Waals surface area contributed by atoms with Crippen molar-refractivity contribution in [3.8, 4) is 0 Å². The van der Waals surface area contributed by atoms with E-state index < -0.39 is 17.0 Å². The average Bonchev–Trinajstić information content (AvgIpc) is 2.86. The lowest BCUT2D eigenvalue weighted by Crippen LogP contribution is -2.25. The summed E-state index contributed by atoms with van der Waals surface area (Å²) >= 11 is 0. The molecule has 2 N–H and O–H groups in total. The molecule has 19 heavy (non-hydrogen) atoms. The van der Waals surface area contributed by atoms with E-state index in [1.165, 1.54) is 0 Å². The highest BCUT2D eigenvalue weighted by atomic mass is 16.6. The van der Waals surface area contributed by atoms with Gasteiger partial charge in [0.05, 0.1) is 11.0 Å². The van der Waals surface area contributed by atoms with Gasteiger partial charge in [0.2, 0.25) is 5.95 Å². The van der Waals surface area contributed by atoms with Gasteiger partial charge in [-0.05, 0) is 12.8 Å². The molecule has 1 fully saturated rings. The molecule has 0 saturated carbocycles. The first kappa shape index (κ1) is 13.1. The van der Waals surface area contributed by atoms with Crippen LogP contribution in [0.15, 0.2) is 12.4 Å². The zero-order valence-electron chi connectivity index (χ0n) is 9.85. The van der Waals surface area contributed by atoms with Gasteiger partial charge >= 0.3 is 11.7 Å². The second-order valence-electron chi connectivity index (χ2n) is 4.07. The van der Waals surface area contributed by atoms with Crippen molar-refractivity contribution in [3.63, 3.8) is 0 Å².